The molecule has 284 valence electrons. The van der Waals surface area contributed by atoms with E-state index in [2.05, 4.69) is 155 Å². The standard InChI is InChI=1S/C30H16BNO2.C24H12BNO2/c1-2-7-17(8-3-1)18-9-4-10-20-26(18)19-15-16-25-29-30(19)32(20)21-11-5-12-22-27(21)31(29)28-23(33-22)13-6-14-24(28)34-25;1-2-6-15-13(5-1)14-11-12-20-23-24(14)26(15)16-7-3-8-17-21(16)25(23)22-18(27-17)9-4-10-19(22)28-20/h1-16H;1-12H. The van der Waals surface area contributed by atoms with E-state index in [0.29, 0.717) is 0 Å². The number of ether oxygens (including phenoxy) is 4. The highest BCUT2D eigenvalue weighted by Gasteiger charge is 2.48. The normalized spacial score (nSPS) is 13.9. The lowest BCUT2D eigenvalue weighted by molar-refractivity contribution is 0.464. The Morgan fingerprint density at radius 3 is 1.37 bits per heavy atom. The average Bonchev–Trinajstić information content (AvgIpc) is 3.85. The lowest BCUT2D eigenvalue weighted by atomic mass is 9.33. The molecule has 0 radical (unpaired) electrons. The summed E-state index contributed by atoms with van der Waals surface area (Å²) in [4.78, 5) is 0. The predicted molar refractivity (Wildman–Crippen MR) is 249 cm³/mol. The number of hydrogen-bond acceptors (Lipinski definition) is 4. The molecule has 17 rings (SSSR count). The first-order chi connectivity index (χ1) is 30.8. The lowest BCUT2D eigenvalue weighted by Crippen LogP contribution is -2.60. The van der Waals surface area contributed by atoms with E-state index in [1.807, 2.05) is 24.3 Å². The number of benzene rings is 9. The summed E-state index contributed by atoms with van der Waals surface area (Å²) in [5, 5.41) is 5.10. The Morgan fingerprint density at radius 2 is 0.758 bits per heavy atom. The molecule has 0 amide bonds. The van der Waals surface area contributed by atoms with Crippen LogP contribution >= 0.6 is 0 Å². The van der Waals surface area contributed by atoms with Crippen LogP contribution in [0.1, 0.15) is 0 Å². The molecule has 0 atom stereocenters. The van der Waals surface area contributed by atoms with Gasteiger partial charge in [-0.1, -0.05) is 84.9 Å². The predicted octanol–water partition coefficient (Wildman–Crippen LogP) is 9.32. The van der Waals surface area contributed by atoms with Crippen molar-refractivity contribution < 1.29 is 18.9 Å². The van der Waals surface area contributed by atoms with Gasteiger partial charge in [0.1, 0.15) is 46.0 Å². The van der Waals surface area contributed by atoms with Gasteiger partial charge in [0.25, 0.3) is 13.4 Å². The van der Waals surface area contributed by atoms with Crippen LogP contribution in [-0.2, 0) is 0 Å². The van der Waals surface area contributed by atoms with Gasteiger partial charge in [0, 0.05) is 43.8 Å². The molecular formula is C54H28B2N2O4. The van der Waals surface area contributed by atoms with Gasteiger partial charge >= 0.3 is 0 Å². The minimum atomic E-state index is 0.107. The van der Waals surface area contributed by atoms with Gasteiger partial charge in [0.2, 0.25) is 0 Å². The first kappa shape index (κ1) is 31.8. The number of para-hydroxylation sites is 1. The van der Waals surface area contributed by atoms with Gasteiger partial charge in [-0.15, -0.1) is 0 Å². The molecular weight excluding hydrogens is 762 g/mol. The van der Waals surface area contributed by atoms with Crippen molar-refractivity contribution in [2.45, 2.75) is 0 Å². The van der Waals surface area contributed by atoms with E-state index in [0.717, 1.165) is 56.9 Å². The summed E-state index contributed by atoms with van der Waals surface area (Å²) >= 11 is 0. The van der Waals surface area contributed by atoms with Gasteiger partial charge < -0.3 is 28.1 Å². The third-order valence-corrected chi connectivity index (χ3v) is 14.1. The van der Waals surface area contributed by atoms with E-state index in [1.165, 1.54) is 88.0 Å². The van der Waals surface area contributed by atoms with Crippen molar-refractivity contribution in [1.82, 2.24) is 9.13 Å². The summed E-state index contributed by atoms with van der Waals surface area (Å²) in [5.41, 5.74) is 17.1. The number of nitrogens with zero attached hydrogens (tertiary/aromatic N) is 2. The molecule has 8 heterocycles. The van der Waals surface area contributed by atoms with E-state index in [1.54, 1.807) is 0 Å². The highest BCUT2D eigenvalue weighted by atomic mass is 16.5. The molecule has 6 nitrogen and oxygen atoms in total. The topological polar surface area (TPSA) is 46.8 Å². The molecule has 6 aliphatic heterocycles. The van der Waals surface area contributed by atoms with Gasteiger partial charge in [-0.2, -0.15) is 0 Å². The Kier molecular flexibility index (Phi) is 5.63. The van der Waals surface area contributed by atoms with Crippen LogP contribution in [0.4, 0.5) is 0 Å². The van der Waals surface area contributed by atoms with Gasteiger partial charge in [-0.25, -0.2) is 0 Å². The number of hydrogen-bond donors (Lipinski definition) is 0. The highest BCUT2D eigenvalue weighted by molar-refractivity contribution is 7.01. The third kappa shape index (κ3) is 3.69. The Morgan fingerprint density at radius 1 is 0.306 bits per heavy atom. The zero-order valence-corrected chi connectivity index (χ0v) is 32.8. The summed E-state index contributed by atoms with van der Waals surface area (Å²) in [6, 6.07) is 59.7. The van der Waals surface area contributed by atoms with E-state index in [4.69, 9.17) is 18.9 Å². The van der Waals surface area contributed by atoms with Crippen molar-refractivity contribution in [2.24, 2.45) is 0 Å². The molecule has 0 N–H and O–H groups in total. The fraction of sp³-hybridized carbons (Fsp3) is 0. The third-order valence-electron chi connectivity index (χ3n) is 14.1. The average molecular weight is 790 g/mol. The van der Waals surface area contributed by atoms with E-state index in [-0.39, 0.29) is 13.4 Å². The number of aromatic nitrogens is 2. The van der Waals surface area contributed by atoms with Crippen LogP contribution in [0.5, 0.6) is 46.0 Å². The summed E-state index contributed by atoms with van der Waals surface area (Å²) in [5.74, 6) is 7.36. The SMILES string of the molecule is c1cc2c3c(c1)Oc1ccc4c5ccccc5n5c4c1B3c1c(cccc1-5)O2.c1ccc(-c2cccc3c2c2ccc4c5c2n3-c2cccc3c2B5c2c(cccc2O4)O3)cc1. The maximum Gasteiger partial charge on any atom is 0.266 e. The fourth-order valence-corrected chi connectivity index (χ4v) is 11.8. The summed E-state index contributed by atoms with van der Waals surface area (Å²) < 4.78 is 30.5. The summed E-state index contributed by atoms with van der Waals surface area (Å²) in [7, 11) is 0. The minimum Gasteiger partial charge on any atom is -0.458 e. The first-order valence-corrected chi connectivity index (χ1v) is 21.2. The smallest absolute Gasteiger partial charge is 0.266 e. The maximum atomic E-state index is 6.49. The van der Waals surface area contributed by atoms with Crippen LogP contribution in [0.15, 0.2) is 170 Å². The number of fused-ring (bicyclic) bond motifs is 8. The molecule has 0 aliphatic carbocycles. The second-order valence-corrected chi connectivity index (χ2v) is 17.0. The zero-order chi connectivity index (χ0) is 39.9. The molecule has 0 saturated carbocycles. The second-order valence-electron chi connectivity index (χ2n) is 17.0. The van der Waals surface area contributed by atoms with E-state index in [9.17, 15) is 0 Å². The summed E-state index contributed by atoms with van der Waals surface area (Å²) in [6.07, 6.45) is 0. The van der Waals surface area contributed by atoms with Crippen LogP contribution in [0, 0.1) is 0 Å². The van der Waals surface area contributed by atoms with Gasteiger partial charge in [0.15, 0.2) is 0 Å². The van der Waals surface area contributed by atoms with Crippen molar-refractivity contribution in [2.75, 3.05) is 0 Å². The van der Waals surface area contributed by atoms with Gasteiger partial charge in [0.05, 0.1) is 22.1 Å². The molecule has 6 aliphatic rings. The molecule has 11 aromatic rings. The molecule has 62 heavy (non-hydrogen) atoms. The molecule has 0 fully saturated rings. The van der Waals surface area contributed by atoms with Crippen LogP contribution in [0.2, 0.25) is 0 Å². The van der Waals surface area contributed by atoms with Gasteiger partial charge in [-0.05, 0) is 118 Å². The zero-order valence-electron chi connectivity index (χ0n) is 32.8. The molecule has 0 saturated heterocycles. The maximum absolute atomic E-state index is 6.49. The molecule has 0 spiro atoms. The molecule has 0 bridgehead atoms. The Labute approximate surface area is 354 Å². The van der Waals surface area contributed by atoms with Crippen molar-refractivity contribution in [1.29, 1.82) is 0 Å². The Balaban J connectivity index is 0.000000115. The molecule has 8 heteroatoms. The minimum absolute atomic E-state index is 0.107. The molecule has 0 unspecified atom stereocenters. The van der Waals surface area contributed by atoms with Crippen LogP contribution in [0.3, 0.4) is 0 Å². The molecule has 2 aromatic heterocycles. The van der Waals surface area contributed by atoms with Crippen LogP contribution < -0.4 is 51.7 Å². The van der Waals surface area contributed by atoms with Gasteiger partial charge in [-0.3, -0.25) is 0 Å². The van der Waals surface area contributed by atoms with Crippen molar-refractivity contribution >= 4 is 89.8 Å². The summed E-state index contributed by atoms with van der Waals surface area (Å²) in [6.45, 7) is 0.256. The van der Waals surface area contributed by atoms with Crippen LogP contribution in [0.25, 0.3) is 66.1 Å². The van der Waals surface area contributed by atoms with Crippen molar-refractivity contribution in [3.8, 4) is 68.5 Å². The van der Waals surface area contributed by atoms with E-state index < -0.39 is 0 Å². The monoisotopic (exact) mass is 790 g/mol. The Bertz CT molecular complexity index is 3880. The van der Waals surface area contributed by atoms with Crippen molar-refractivity contribution in [3.05, 3.63) is 170 Å². The lowest BCUT2D eigenvalue weighted by Gasteiger charge is -2.37. The van der Waals surface area contributed by atoms with Crippen LogP contribution in [-0.4, -0.2) is 22.6 Å². The quantitative estimate of drug-likeness (QED) is 0.156. The second kappa shape index (κ2) is 11.0. The molecule has 9 aromatic carbocycles. The van der Waals surface area contributed by atoms with E-state index >= 15 is 0 Å². The highest BCUT2D eigenvalue weighted by Crippen LogP contribution is 2.46. The Hall–Kier alpha value is -8.09. The van der Waals surface area contributed by atoms with Crippen molar-refractivity contribution in [3.63, 3.8) is 0 Å². The fourth-order valence-electron chi connectivity index (χ4n) is 11.8. The largest absolute Gasteiger partial charge is 0.458 e. The first-order valence-electron chi connectivity index (χ1n) is 21.2. The number of rotatable bonds is 1.